The Morgan fingerprint density at radius 2 is 2.00 bits per heavy atom. The highest BCUT2D eigenvalue weighted by Crippen LogP contribution is 2.39. The maximum atomic E-state index is 12.7. The molecular weight excluding hydrogens is 322 g/mol. The number of fused-ring (bicyclic) bond motifs is 3. The van der Waals surface area contributed by atoms with Gasteiger partial charge in [0.2, 0.25) is 0 Å². The van der Waals surface area contributed by atoms with E-state index < -0.39 is 0 Å². The summed E-state index contributed by atoms with van der Waals surface area (Å²) >= 11 is 1.72. The highest BCUT2D eigenvalue weighted by Gasteiger charge is 2.34. The normalized spacial score (nSPS) is 22.5. The number of rotatable bonds is 2. The van der Waals surface area contributed by atoms with Crippen LogP contribution in [0.25, 0.3) is 0 Å². The maximum Gasteiger partial charge on any atom is 0.256 e. The van der Waals surface area contributed by atoms with Gasteiger partial charge in [-0.3, -0.25) is 4.79 Å². The molecule has 0 fully saturated rings. The summed E-state index contributed by atoms with van der Waals surface area (Å²) in [7, 11) is 0. The van der Waals surface area contributed by atoms with Crippen molar-refractivity contribution in [3.63, 3.8) is 0 Å². The summed E-state index contributed by atoms with van der Waals surface area (Å²) in [6.45, 7) is 6.59. The zero-order chi connectivity index (χ0) is 16.8. The lowest BCUT2D eigenvalue weighted by Gasteiger charge is -2.28. The van der Waals surface area contributed by atoms with Crippen LogP contribution in [0.4, 0.5) is 5.00 Å². The van der Waals surface area contributed by atoms with Gasteiger partial charge in [-0.05, 0) is 37.1 Å². The van der Waals surface area contributed by atoms with Gasteiger partial charge >= 0.3 is 0 Å². The molecule has 2 atom stereocenters. The van der Waals surface area contributed by atoms with Crippen LogP contribution in [-0.2, 0) is 13.0 Å². The minimum absolute atomic E-state index is 0.00678. The predicted octanol–water partition coefficient (Wildman–Crippen LogP) is 1.66. The number of thiophene rings is 1. The third kappa shape index (κ3) is 2.56. The summed E-state index contributed by atoms with van der Waals surface area (Å²) in [5, 5.41) is 16.9. The van der Waals surface area contributed by atoms with E-state index in [0.717, 1.165) is 35.6 Å². The van der Waals surface area contributed by atoms with Crippen LogP contribution in [0.1, 0.15) is 46.4 Å². The van der Waals surface area contributed by atoms with Gasteiger partial charge in [-0.15, -0.1) is 11.3 Å². The Labute approximate surface area is 145 Å². The van der Waals surface area contributed by atoms with Gasteiger partial charge in [0.15, 0.2) is 0 Å². The van der Waals surface area contributed by atoms with Crippen LogP contribution < -0.4 is 15.5 Å². The highest BCUT2D eigenvalue weighted by atomic mass is 32.1. The molecule has 2 aromatic rings. The van der Waals surface area contributed by atoms with Gasteiger partial charge in [-0.2, -0.15) is 0 Å². The van der Waals surface area contributed by atoms with Crippen molar-refractivity contribution in [2.24, 2.45) is 0 Å². The van der Waals surface area contributed by atoms with E-state index in [1.165, 1.54) is 10.4 Å². The van der Waals surface area contributed by atoms with E-state index in [1.54, 1.807) is 28.4 Å². The lowest BCUT2D eigenvalue weighted by atomic mass is 9.99. The van der Waals surface area contributed by atoms with Gasteiger partial charge in [-0.25, -0.2) is 0 Å². The van der Waals surface area contributed by atoms with E-state index in [1.807, 2.05) is 12.1 Å². The Kier molecular flexibility index (Phi) is 3.73. The van der Waals surface area contributed by atoms with Crippen LogP contribution in [0.15, 0.2) is 24.3 Å². The predicted molar refractivity (Wildman–Crippen MR) is 94.6 cm³/mol. The molecule has 126 valence electrons. The molecule has 0 spiro atoms. The zero-order valence-corrected chi connectivity index (χ0v) is 14.7. The van der Waals surface area contributed by atoms with Crippen molar-refractivity contribution in [3.05, 3.63) is 45.8 Å². The molecule has 4 rings (SSSR count). The SMILES string of the molecule is CC(C)[NH+]1CCc2c(sc3c2C(=O)N[C@@H](c2ccc(O)cc2)N3)C1. The molecule has 2 aliphatic rings. The average molecular weight is 344 g/mol. The number of hydrogen-bond acceptors (Lipinski definition) is 4. The fourth-order valence-corrected chi connectivity index (χ4v) is 4.86. The molecule has 0 aliphatic carbocycles. The molecule has 24 heavy (non-hydrogen) atoms. The van der Waals surface area contributed by atoms with Crippen LogP contribution in [0, 0.1) is 0 Å². The van der Waals surface area contributed by atoms with Gasteiger partial charge in [0.05, 0.1) is 23.0 Å². The second-order valence-corrected chi connectivity index (χ2v) is 7.95. The Morgan fingerprint density at radius 3 is 2.71 bits per heavy atom. The second-order valence-electron chi connectivity index (χ2n) is 6.84. The van der Waals surface area contributed by atoms with Crippen LogP contribution in [0.3, 0.4) is 0 Å². The molecule has 6 heteroatoms. The first kappa shape index (κ1) is 15.5. The van der Waals surface area contributed by atoms with Crippen molar-refractivity contribution >= 4 is 22.2 Å². The summed E-state index contributed by atoms with van der Waals surface area (Å²) in [5.41, 5.74) is 3.01. The largest absolute Gasteiger partial charge is 0.508 e. The van der Waals surface area contributed by atoms with Gasteiger partial charge in [-0.1, -0.05) is 12.1 Å². The first-order chi connectivity index (χ1) is 11.5. The van der Waals surface area contributed by atoms with Crippen molar-refractivity contribution in [1.82, 2.24) is 5.32 Å². The summed E-state index contributed by atoms with van der Waals surface area (Å²) in [5.74, 6) is 0.234. The first-order valence-corrected chi connectivity index (χ1v) is 9.20. The summed E-state index contributed by atoms with van der Waals surface area (Å²) < 4.78 is 0. The number of amides is 1. The fraction of sp³-hybridized carbons (Fsp3) is 0.389. The number of anilines is 1. The van der Waals surface area contributed by atoms with Gasteiger partial charge < -0.3 is 20.6 Å². The number of hydrogen-bond donors (Lipinski definition) is 4. The molecule has 0 saturated heterocycles. The van der Waals surface area contributed by atoms with Crippen molar-refractivity contribution in [2.75, 3.05) is 11.9 Å². The molecule has 0 radical (unpaired) electrons. The second kappa shape index (κ2) is 5.79. The van der Waals surface area contributed by atoms with E-state index in [9.17, 15) is 9.90 Å². The molecular formula is C18H22N3O2S+. The molecule has 5 nitrogen and oxygen atoms in total. The molecule has 3 heterocycles. The van der Waals surface area contributed by atoms with E-state index in [4.69, 9.17) is 0 Å². The number of carbonyl (C=O) groups is 1. The number of phenols is 1. The third-order valence-corrected chi connectivity index (χ3v) is 6.16. The molecule has 4 N–H and O–H groups in total. The van der Waals surface area contributed by atoms with Crippen LogP contribution in [0.2, 0.25) is 0 Å². The van der Waals surface area contributed by atoms with E-state index in [-0.39, 0.29) is 17.8 Å². The molecule has 0 bridgehead atoms. The number of aromatic hydroxyl groups is 1. The van der Waals surface area contributed by atoms with Crippen LogP contribution >= 0.6 is 11.3 Å². The monoisotopic (exact) mass is 344 g/mol. The number of carbonyl (C=O) groups excluding carboxylic acids is 1. The standard InChI is InChI=1S/C18H21N3O2S/c1-10(2)21-8-7-13-14(9-21)24-18-15(13)17(23)19-16(20-18)11-3-5-12(22)6-4-11/h3-6,10,16,20,22H,7-9H2,1-2H3,(H,19,23)/p+1/t16-/m1/s1. The minimum atomic E-state index is -0.251. The molecule has 2 aliphatic heterocycles. The quantitative estimate of drug-likeness (QED) is 0.670. The van der Waals surface area contributed by atoms with Crippen molar-refractivity contribution < 1.29 is 14.8 Å². The lowest BCUT2D eigenvalue weighted by molar-refractivity contribution is -0.936. The molecule has 0 saturated carbocycles. The molecule has 1 unspecified atom stereocenters. The molecule has 1 amide bonds. The number of phenolic OH excluding ortho intramolecular Hbond substituents is 1. The Bertz CT molecular complexity index is 782. The smallest absolute Gasteiger partial charge is 0.256 e. The lowest BCUT2D eigenvalue weighted by Crippen LogP contribution is -3.14. The topological polar surface area (TPSA) is 65.8 Å². The Hall–Kier alpha value is -2.05. The molecule has 1 aromatic carbocycles. The summed E-state index contributed by atoms with van der Waals surface area (Å²) in [4.78, 5) is 15.6. The fourth-order valence-electron chi connectivity index (χ4n) is 3.54. The Morgan fingerprint density at radius 1 is 1.25 bits per heavy atom. The molecule has 1 aromatic heterocycles. The van der Waals surface area contributed by atoms with Gasteiger partial charge in [0.25, 0.3) is 5.91 Å². The summed E-state index contributed by atoms with van der Waals surface area (Å²) in [6, 6.07) is 7.54. The number of nitrogens with one attached hydrogen (secondary N) is 3. The van der Waals surface area contributed by atoms with Crippen molar-refractivity contribution in [2.45, 2.75) is 39.0 Å². The highest BCUT2D eigenvalue weighted by molar-refractivity contribution is 7.16. The average Bonchev–Trinajstić information content (AvgIpc) is 2.93. The zero-order valence-electron chi connectivity index (χ0n) is 13.8. The van der Waals surface area contributed by atoms with Gasteiger partial charge in [0, 0.05) is 6.42 Å². The van der Waals surface area contributed by atoms with E-state index in [2.05, 4.69) is 24.5 Å². The Balaban J connectivity index is 1.65. The number of quaternary nitrogens is 1. The summed E-state index contributed by atoms with van der Waals surface area (Å²) in [6.07, 6.45) is 0.715. The van der Waals surface area contributed by atoms with Crippen LogP contribution in [-0.4, -0.2) is 23.6 Å². The first-order valence-electron chi connectivity index (χ1n) is 8.38. The van der Waals surface area contributed by atoms with E-state index in [0.29, 0.717) is 6.04 Å². The van der Waals surface area contributed by atoms with Crippen molar-refractivity contribution in [3.8, 4) is 5.75 Å². The van der Waals surface area contributed by atoms with E-state index >= 15 is 0 Å². The van der Waals surface area contributed by atoms with Crippen LogP contribution in [0.5, 0.6) is 5.75 Å². The number of benzene rings is 1. The minimum Gasteiger partial charge on any atom is -0.508 e. The van der Waals surface area contributed by atoms with Gasteiger partial charge in [0.1, 0.15) is 23.5 Å². The van der Waals surface area contributed by atoms with Crippen molar-refractivity contribution in [1.29, 1.82) is 0 Å². The third-order valence-electron chi connectivity index (χ3n) is 5.00. The maximum absolute atomic E-state index is 12.7.